The van der Waals surface area contributed by atoms with Crippen molar-refractivity contribution in [3.8, 4) is 5.75 Å². The summed E-state index contributed by atoms with van der Waals surface area (Å²) < 4.78 is 6.75. The first-order valence-corrected chi connectivity index (χ1v) is 8.65. The lowest BCUT2D eigenvalue weighted by molar-refractivity contribution is -0.121. The van der Waals surface area contributed by atoms with E-state index < -0.39 is 24.9 Å². The van der Waals surface area contributed by atoms with Gasteiger partial charge in [0.15, 0.2) is 11.8 Å². The van der Waals surface area contributed by atoms with E-state index in [0.29, 0.717) is 11.4 Å². The molecular formula is C15H19BN8O5. The zero-order valence-electron chi connectivity index (χ0n) is 15.2. The summed E-state index contributed by atoms with van der Waals surface area (Å²) in [6.45, 7) is 0.536. The Bertz CT molecular complexity index is 945. The van der Waals surface area contributed by atoms with E-state index in [4.69, 9.17) is 16.1 Å². The molecule has 0 aliphatic carbocycles. The van der Waals surface area contributed by atoms with Gasteiger partial charge < -0.3 is 31.6 Å². The number of rotatable bonds is 7. The van der Waals surface area contributed by atoms with Crippen LogP contribution < -0.4 is 21.4 Å². The number of nitrogens with two attached hydrogens (primary N) is 2. The van der Waals surface area contributed by atoms with Crippen LogP contribution in [0.25, 0.3) is 0 Å². The van der Waals surface area contributed by atoms with Gasteiger partial charge in [-0.15, -0.1) is 5.10 Å². The van der Waals surface area contributed by atoms with Gasteiger partial charge in [-0.3, -0.25) is 9.79 Å². The van der Waals surface area contributed by atoms with E-state index in [-0.39, 0.29) is 43.2 Å². The zero-order chi connectivity index (χ0) is 21.0. The van der Waals surface area contributed by atoms with Gasteiger partial charge in [-0.05, 0) is 28.5 Å². The quantitative estimate of drug-likeness (QED) is 0.184. The molecule has 0 spiro atoms. The molecule has 2 heterocycles. The van der Waals surface area contributed by atoms with Crippen molar-refractivity contribution in [3.63, 3.8) is 0 Å². The Kier molecular flexibility index (Phi) is 5.92. The summed E-state index contributed by atoms with van der Waals surface area (Å²) in [5, 5.41) is 33.2. The van der Waals surface area contributed by atoms with Crippen LogP contribution in [0, 0.1) is 0 Å². The van der Waals surface area contributed by atoms with Crippen molar-refractivity contribution >= 4 is 25.0 Å². The van der Waals surface area contributed by atoms with Gasteiger partial charge in [0.05, 0.1) is 31.0 Å². The lowest BCUT2D eigenvalue weighted by Crippen LogP contribution is -2.53. The van der Waals surface area contributed by atoms with E-state index in [1.807, 2.05) is 0 Å². The molecule has 0 saturated heterocycles. The van der Waals surface area contributed by atoms with Crippen molar-refractivity contribution in [3.05, 3.63) is 35.2 Å². The monoisotopic (exact) mass is 402 g/mol. The SMILES string of the molecule is NC(N)=NCCn1nnnc1CC(=O)NC1Cc2cccc(C(=O)O)c2OB1O. The number of para-hydroxylation sites is 1. The van der Waals surface area contributed by atoms with Gasteiger partial charge >= 0.3 is 13.1 Å². The average molecular weight is 402 g/mol. The molecule has 1 unspecified atom stereocenters. The summed E-state index contributed by atoms with van der Waals surface area (Å²) in [7, 11) is -1.40. The van der Waals surface area contributed by atoms with E-state index in [1.54, 1.807) is 12.1 Å². The number of amides is 1. The van der Waals surface area contributed by atoms with Crippen LogP contribution >= 0.6 is 0 Å². The molecule has 1 amide bonds. The number of tetrazole rings is 1. The predicted octanol–water partition coefficient (Wildman–Crippen LogP) is -2.67. The summed E-state index contributed by atoms with van der Waals surface area (Å²) in [6, 6.07) is 4.64. The number of benzene rings is 1. The maximum absolute atomic E-state index is 12.4. The maximum atomic E-state index is 12.4. The van der Waals surface area contributed by atoms with Gasteiger partial charge in [0.25, 0.3) is 0 Å². The van der Waals surface area contributed by atoms with Gasteiger partial charge in [-0.2, -0.15) is 0 Å². The van der Waals surface area contributed by atoms with Crippen molar-refractivity contribution in [2.24, 2.45) is 16.5 Å². The first kappa shape index (κ1) is 20.1. The number of nitrogens with one attached hydrogen (secondary N) is 1. The molecule has 2 aromatic rings. The minimum Gasteiger partial charge on any atom is -0.534 e. The summed E-state index contributed by atoms with van der Waals surface area (Å²) in [5.74, 6) is -2.02. The molecule has 14 heteroatoms. The third-order valence-electron chi connectivity index (χ3n) is 4.23. The standard InChI is InChI=1S/C15H19BN8O5/c17-15(18)19-4-5-24-11(21-22-23-24)7-12(25)20-10-6-8-2-1-3-9(14(26)27)13(8)29-16(10)28/h1-3,10,28H,4-7H2,(H,20,25)(H,26,27)(H4,17,18,19). The Labute approximate surface area is 164 Å². The largest absolute Gasteiger partial charge is 0.547 e. The highest BCUT2D eigenvalue weighted by Gasteiger charge is 2.37. The number of hydrogen-bond acceptors (Lipinski definition) is 8. The zero-order valence-corrected chi connectivity index (χ0v) is 15.2. The smallest absolute Gasteiger partial charge is 0.534 e. The van der Waals surface area contributed by atoms with E-state index >= 15 is 0 Å². The van der Waals surface area contributed by atoms with Crippen molar-refractivity contribution in [2.75, 3.05) is 6.54 Å². The number of aromatic nitrogens is 4. The molecule has 1 aliphatic heterocycles. The van der Waals surface area contributed by atoms with Crippen LogP contribution in [0.15, 0.2) is 23.2 Å². The average Bonchev–Trinajstić information content (AvgIpc) is 3.08. The molecule has 1 aromatic carbocycles. The molecule has 0 bridgehead atoms. The number of nitrogens with zero attached hydrogens (tertiary/aromatic N) is 5. The molecular weight excluding hydrogens is 383 g/mol. The molecule has 29 heavy (non-hydrogen) atoms. The molecule has 0 fully saturated rings. The number of carboxylic acids is 1. The van der Waals surface area contributed by atoms with E-state index in [1.165, 1.54) is 10.7 Å². The number of fused-ring (bicyclic) bond motifs is 1. The molecule has 13 nitrogen and oxygen atoms in total. The number of aromatic carboxylic acids is 1. The van der Waals surface area contributed by atoms with Crippen molar-refractivity contribution in [1.29, 1.82) is 0 Å². The van der Waals surface area contributed by atoms with Crippen LogP contribution in [-0.2, 0) is 24.2 Å². The second-order valence-corrected chi connectivity index (χ2v) is 6.29. The van der Waals surface area contributed by atoms with Crippen LogP contribution in [0.5, 0.6) is 5.75 Å². The summed E-state index contributed by atoms with van der Waals surface area (Å²) in [4.78, 5) is 27.5. The lowest BCUT2D eigenvalue weighted by atomic mass is 9.72. The molecule has 1 aromatic heterocycles. The third kappa shape index (κ3) is 4.79. The summed E-state index contributed by atoms with van der Waals surface area (Å²) in [5.41, 5.74) is 11.0. The number of hydrogen-bond donors (Lipinski definition) is 5. The normalized spacial score (nSPS) is 15.2. The molecule has 152 valence electrons. The van der Waals surface area contributed by atoms with Crippen LogP contribution in [0.1, 0.15) is 21.7 Å². The number of aliphatic imine (C=N–C) groups is 1. The number of carboxylic acid groups (broad SMARTS) is 1. The predicted molar refractivity (Wildman–Crippen MR) is 99.8 cm³/mol. The van der Waals surface area contributed by atoms with Crippen LogP contribution in [0.4, 0.5) is 0 Å². The van der Waals surface area contributed by atoms with Gasteiger partial charge in [0, 0.05) is 0 Å². The van der Waals surface area contributed by atoms with Crippen molar-refractivity contribution in [2.45, 2.75) is 25.3 Å². The van der Waals surface area contributed by atoms with E-state index in [0.717, 1.165) is 0 Å². The van der Waals surface area contributed by atoms with Crippen LogP contribution in [-0.4, -0.2) is 67.8 Å². The van der Waals surface area contributed by atoms with Crippen molar-refractivity contribution < 1.29 is 24.4 Å². The Morgan fingerprint density at radius 1 is 1.41 bits per heavy atom. The minimum atomic E-state index is -1.40. The summed E-state index contributed by atoms with van der Waals surface area (Å²) >= 11 is 0. The first-order chi connectivity index (χ1) is 13.8. The maximum Gasteiger partial charge on any atom is 0.547 e. The highest BCUT2D eigenvalue weighted by atomic mass is 16.5. The Balaban J connectivity index is 1.63. The Hall–Kier alpha value is -3.68. The van der Waals surface area contributed by atoms with E-state index in [9.17, 15) is 19.7 Å². The fourth-order valence-electron chi connectivity index (χ4n) is 2.91. The topological polar surface area (TPSA) is 204 Å². The Morgan fingerprint density at radius 2 is 2.21 bits per heavy atom. The van der Waals surface area contributed by atoms with Gasteiger partial charge in [0.1, 0.15) is 5.75 Å². The number of carbonyl (C=O) groups excluding carboxylic acids is 1. The first-order valence-electron chi connectivity index (χ1n) is 8.65. The van der Waals surface area contributed by atoms with Gasteiger partial charge in [0.2, 0.25) is 5.91 Å². The fraction of sp³-hybridized carbons (Fsp3) is 0.333. The second-order valence-electron chi connectivity index (χ2n) is 6.29. The molecule has 3 rings (SSSR count). The number of carbonyl (C=O) groups is 2. The second kappa shape index (κ2) is 8.56. The molecule has 1 atom stereocenters. The molecule has 0 saturated carbocycles. The Morgan fingerprint density at radius 3 is 2.93 bits per heavy atom. The molecule has 0 radical (unpaired) electrons. The van der Waals surface area contributed by atoms with Crippen molar-refractivity contribution in [1.82, 2.24) is 25.5 Å². The molecule has 1 aliphatic rings. The van der Waals surface area contributed by atoms with Gasteiger partial charge in [-0.25, -0.2) is 9.48 Å². The van der Waals surface area contributed by atoms with E-state index in [2.05, 4.69) is 25.8 Å². The van der Waals surface area contributed by atoms with Gasteiger partial charge in [-0.1, -0.05) is 12.1 Å². The molecule has 7 N–H and O–H groups in total. The minimum absolute atomic E-state index is 0.0497. The summed E-state index contributed by atoms with van der Waals surface area (Å²) in [6.07, 6.45) is 0.0683. The van der Waals surface area contributed by atoms with Crippen LogP contribution in [0.2, 0.25) is 0 Å². The van der Waals surface area contributed by atoms with Crippen LogP contribution in [0.3, 0.4) is 0 Å². The lowest BCUT2D eigenvalue weighted by Gasteiger charge is -2.28. The highest BCUT2D eigenvalue weighted by Crippen LogP contribution is 2.30. The highest BCUT2D eigenvalue weighted by molar-refractivity contribution is 6.47. The number of guanidine groups is 1. The third-order valence-corrected chi connectivity index (χ3v) is 4.23. The fourth-order valence-corrected chi connectivity index (χ4v) is 2.91.